The summed E-state index contributed by atoms with van der Waals surface area (Å²) in [7, 11) is 0. The van der Waals surface area contributed by atoms with Crippen molar-refractivity contribution in [2.45, 2.75) is 19.3 Å². The molecular weight excluding hydrogens is 284 g/mol. The molecule has 1 amide bonds. The van der Waals surface area contributed by atoms with Gasteiger partial charge in [0.25, 0.3) is 0 Å². The quantitative estimate of drug-likeness (QED) is 0.888. The topological polar surface area (TPSA) is 32.3 Å². The van der Waals surface area contributed by atoms with Crippen LogP contribution in [0.3, 0.4) is 0 Å². The number of hydrogen-bond acceptors (Lipinski definition) is 2. The average molecular weight is 308 g/mol. The van der Waals surface area contributed by atoms with Crippen molar-refractivity contribution in [2.24, 2.45) is 5.92 Å². The molecule has 1 aliphatic heterocycles. The zero-order chi connectivity index (χ0) is 15.9. The Balaban J connectivity index is 1.38. The molecule has 0 bridgehead atoms. The average Bonchev–Trinajstić information content (AvgIpc) is 3.09. The standard InChI is InChI=1S/C20H24N2O/c23-20(12-11-17-7-3-1-4-8-17)21-15-18-13-14-22(16-18)19-9-5-2-6-10-19/h1-10,18H,11-16H2,(H,21,23). The predicted octanol–water partition coefficient (Wildman–Crippen LogP) is 3.26. The zero-order valence-electron chi connectivity index (χ0n) is 13.4. The van der Waals surface area contributed by atoms with E-state index in [0.29, 0.717) is 12.3 Å². The van der Waals surface area contributed by atoms with E-state index in [1.54, 1.807) is 0 Å². The van der Waals surface area contributed by atoms with Gasteiger partial charge in [0.2, 0.25) is 5.91 Å². The molecule has 3 nitrogen and oxygen atoms in total. The summed E-state index contributed by atoms with van der Waals surface area (Å²) in [6.07, 6.45) is 2.53. The van der Waals surface area contributed by atoms with Crippen LogP contribution in [0, 0.1) is 5.92 Å². The molecule has 2 aromatic rings. The first kappa shape index (κ1) is 15.6. The van der Waals surface area contributed by atoms with E-state index >= 15 is 0 Å². The number of hydrogen-bond donors (Lipinski definition) is 1. The molecule has 0 aliphatic carbocycles. The van der Waals surface area contributed by atoms with Crippen LogP contribution in [0.5, 0.6) is 0 Å². The SMILES string of the molecule is O=C(CCc1ccccc1)NCC1CCN(c2ccccc2)C1. The van der Waals surface area contributed by atoms with Gasteiger partial charge in [0.1, 0.15) is 0 Å². The van der Waals surface area contributed by atoms with Crippen molar-refractivity contribution < 1.29 is 4.79 Å². The van der Waals surface area contributed by atoms with E-state index in [0.717, 1.165) is 32.5 Å². The van der Waals surface area contributed by atoms with E-state index in [-0.39, 0.29) is 5.91 Å². The fourth-order valence-corrected chi connectivity index (χ4v) is 3.12. The second-order valence-electron chi connectivity index (χ2n) is 6.23. The smallest absolute Gasteiger partial charge is 0.220 e. The van der Waals surface area contributed by atoms with Gasteiger partial charge in [-0.1, -0.05) is 48.5 Å². The molecule has 1 fully saturated rings. The largest absolute Gasteiger partial charge is 0.371 e. The third-order valence-electron chi connectivity index (χ3n) is 4.48. The van der Waals surface area contributed by atoms with Crippen LogP contribution in [0.2, 0.25) is 0 Å². The van der Waals surface area contributed by atoms with Gasteiger partial charge < -0.3 is 10.2 Å². The maximum Gasteiger partial charge on any atom is 0.220 e. The van der Waals surface area contributed by atoms with Crippen LogP contribution in [0.4, 0.5) is 5.69 Å². The van der Waals surface area contributed by atoms with Gasteiger partial charge in [0.05, 0.1) is 0 Å². The summed E-state index contributed by atoms with van der Waals surface area (Å²) >= 11 is 0. The molecule has 1 aliphatic rings. The van der Waals surface area contributed by atoms with Gasteiger partial charge in [-0.2, -0.15) is 0 Å². The van der Waals surface area contributed by atoms with Crippen molar-refractivity contribution in [2.75, 3.05) is 24.5 Å². The van der Waals surface area contributed by atoms with Gasteiger partial charge in [-0.15, -0.1) is 0 Å². The number of carbonyl (C=O) groups excluding carboxylic acids is 1. The molecule has 0 saturated carbocycles. The highest BCUT2D eigenvalue weighted by molar-refractivity contribution is 5.76. The lowest BCUT2D eigenvalue weighted by Gasteiger charge is -2.18. The van der Waals surface area contributed by atoms with E-state index in [9.17, 15) is 4.79 Å². The van der Waals surface area contributed by atoms with Crippen LogP contribution in [-0.2, 0) is 11.2 Å². The van der Waals surface area contributed by atoms with Gasteiger partial charge in [-0.25, -0.2) is 0 Å². The monoisotopic (exact) mass is 308 g/mol. The fourth-order valence-electron chi connectivity index (χ4n) is 3.12. The summed E-state index contributed by atoms with van der Waals surface area (Å²) in [5, 5.41) is 3.10. The highest BCUT2D eigenvalue weighted by Crippen LogP contribution is 2.22. The number of carbonyl (C=O) groups is 1. The first-order valence-electron chi connectivity index (χ1n) is 8.42. The van der Waals surface area contributed by atoms with E-state index in [2.05, 4.69) is 46.6 Å². The van der Waals surface area contributed by atoms with Crippen LogP contribution in [0.25, 0.3) is 0 Å². The Hall–Kier alpha value is -2.29. The summed E-state index contributed by atoms with van der Waals surface area (Å²) in [4.78, 5) is 14.4. The number of para-hydroxylation sites is 1. The number of amides is 1. The van der Waals surface area contributed by atoms with Crippen molar-refractivity contribution in [3.05, 3.63) is 66.2 Å². The molecule has 1 unspecified atom stereocenters. The minimum Gasteiger partial charge on any atom is -0.371 e. The van der Waals surface area contributed by atoms with Crippen LogP contribution in [0.15, 0.2) is 60.7 Å². The molecule has 1 N–H and O–H groups in total. The Labute approximate surface area is 138 Å². The molecule has 120 valence electrons. The third kappa shape index (κ3) is 4.59. The van der Waals surface area contributed by atoms with E-state index < -0.39 is 0 Å². The Bertz CT molecular complexity index is 612. The summed E-state index contributed by atoms with van der Waals surface area (Å²) in [5.74, 6) is 0.711. The van der Waals surface area contributed by atoms with Crippen molar-refractivity contribution >= 4 is 11.6 Å². The minimum atomic E-state index is 0.159. The third-order valence-corrected chi connectivity index (χ3v) is 4.48. The van der Waals surface area contributed by atoms with Crippen LogP contribution >= 0.6 is 0 Å². The molecule has 1 saturated heterocycles. The van der Waals surface area contributed by atoms with E-state index in [4.69, 9.17) is 0 Å². The van der Waals surface area contributed by atoms with Gasteiger partial charge >= 0.3 is 0 Å². The molecular formula is C20H24N2O. The Morgan fingerprint density at radius 2 is 1.74 bits per heavy atom. The van der Waals surface area contributed by atoms with Crippen LogP contribution < -0.4 is 10.2 Å². The van der Waals surface area contributed by atoms with Gasteiger partial charge in [-0.05, 0) is 36.5 Å². The van der Waals surface area contributed by atoms with E-state index in [1.165, 1.54) is 11.3 Å². The maximum atomic E-state index is 12.0. The van der Waals surface area contributed by atoms with E-state index in [1.807, 2.05) is 24.3 Å². The lowest BCUT2D eigenvalue weighted by Crippen LogP contribution is -2.31. The Morgan fingerprint density at radius 3 is 2.48 bits per heavy atom. The van der Waals surface area contributed by atoms with Crippen LogP contribution in [-0.4, -0.2) is 25.5 Å². The van der Waals surface area contributed by atoms with Gasteiger partial charge in [-0.3, -0.25) is 4.79 Å². The van der Waals surface area contributed by atoms with Crippen molar-refractivity contribution in [1.29, 1.82) is 0 Å². The lowest BCUT2D eigenvalue weighted by molar-refractivity contribution is -0.121. The molecule has 3 rings (SSSR count). The number of nitrogens with one attached hydrogen (secondary N) is 1. The first-order valence-corrected chi connectivity index (χ1v) is 8.42. The number of nitrogens with zero attached hydrogens (tertiary/aromatic N) is 1. The second kappa shape index (κ2) is 7.82. The predicted molar refractivity (Wildman–Crippen MR) is 94.5 cm³/mol. The summed E-state index contributed by atoms with van der Waals surface area (Å²) in [6.45, 7) is 2.90. The molecule has 0 spiro atoms. The summed E-state index contributed by atoms with van der Waals surface area (Å²) < 4.78 is 0. The van der Waals surface area contributed by atoms with Crippen molar-refractivity contribution in [3.8, 4) is 0 Å². The molecule has 1 heterocycles. The molecule has 1 atom stereocenters. The lowest BCUT2D eigenvalue weighted by atomic mass is 10.1. The molecule has 23 heavy (non-hydrogen) atoms. The number of aryl methyl sites for hydroxylation is 1. The number of benzene rings is 2. The summed E-state index contributed by atoms with van der Waals surface area (Å²) in [6, 6.07) is 20.7. The fraction of sp³-hybridized carbons (Fsp3) is 0.350. The van der Waals surface area contributed by atoms with Crippen molar-refractivity contribution in [1.82, 2.24) is 5.32 Å². The zero-order valence-corrected chi connectivity index (χ0v) is 13.4. The molecule has 2 aromatic carbocycles. The summed E-state index contributed by atoms with van der Waals surface area (Å²) in [5.41, 5.74) is 2.50. The van der Waals surface area contributed by atoms with Crippen LogP contribution in [0.1, 0.15) is 18.4 Å². The first-order chi connectivity index (χ1) is 11.3. The molecule has 0 radical (unpaired) electrons. The maximum absolute atomic E-state index is 12.0. The Kier molecular flexibility index (Phi) is 5.30. The normalized spacial score (nSPS) is 17.2. The van der Waals surface area contributed by atoms with Gasteiger partial charge in [0.15, 0.2) is 0 Å². The number of rotatable bonds is 6. The highest BCUT2D eigenvalue weighted by Gasteiger charge is 2.22. The minimum absolute atomic E-state index is 0.159. The second-order valence-corrected chi connectivity index (χ2v) is 6.23. The van der Waals surface area contributed by atoms with Gasteiger partial charge in [0, 0.05) is 31.7 Å². The molecule has 3 heteroatoms. The highest BCUT2D eigenvalue weighted by atomic mass is 16.1. The van der Waals surface area contributed by atoms with Crippen molar-refractivity contribution in [3.63, 3.8) is 0 Å². The number of anilines is 1. The molecule has 0 aromatic heterocycles. The Morgan fingerprint density at radius 1 is 1.04 bits per heavy atom.